The minimum atomic E-state index is -0.0498. The molecule has 1 aliphatic carbocycles. The smallest absolute Gasteiger partial charge is 0.257 e. The third kappa shape index (κ3) is 2.99. The Balaban J connectivity index is 1.77. The molecule has 2 fully saturated rings. The molecule has 2 aliphatic rings. The van der Waals surface area contributed by atoms with E-state index in [0.717, 1.165) is 36.8 Å². The minimum absolute atomic E-state index is 0.0498. The van der Waals surface area contributed by atoms with E-state index < -0.39 is 0 Å². The van der Waals surface area contributed by atoms with Gasteiger partial charge in [-0.05, 0) is 50.4 Å². The highest BCUT2D eigenvalue weighted by atomic mass is 79.9. The molecule has 1 aromatic carbocycles. The van der Waals surface area contributed by atoms with Gasteiger partial charge in [0.15, 0.2) is 0 Å². The number of nitrogens with one attached hydrogen (secondary N) is 1. The van der Waals surface area contributed by atoms with E-state index >= 15 is 0 Å². The number of nitrogens with zero attached hydrogens (tertiary/aromatic N) is 1. The molecule has 3 rings (SSSR count). The van der Waals surface area contributed by atoms with Gasteiger partial charge in [-0.25, -0.2) is 0 Å². The van der Waals surface area contributed by atoms with E-state index in [4.69, 9.17) is 0 Å². The van der Waals surface area contributed by atoms with E-state index in [9.17, 15) is 9.90 Å². The molecule has 0 bridgehead atoms. The summed E-state index contributed by atoms with van der Waals surface area (Å²) in [6.07, 6.45) is 4.47. The maximum Gasteiger partial charge on any atom is 0.257 e. The molecule has 108 valence electrons. The molecule has 1 aromatic rings. The number of aromatic hydroxyl groups is 1. The lowest BCUT2D eigenvalue weighted by molar-refractivity contribution is 0.0725. The number of phenolic OH excluding ortho intramolecular Hbond substituents is 1. The van der Waals surface area contributed by atoms with Gasteiger partial charge in [-0.2, -0.15) is 0 Å². The number of hydrogen-bond acceptors (Lipinski definition) is 3. The van der Waals surface area contributed by atoms with Crippen LogP contribution in [0.4, 0.5) is 0 Å². The van der Waals surface area contributed by atoms with Crippen molar-refractivity contribution in [3.63, 3.8) is 0 Å². The van der Waals surface area contributed by atoms with E-state index in [1.54, 1.807) is 18.2 Å². The molecule has 0 spiro atoms. The van der Waals surface area contributed by atoms with Crippen molar-refractivity contribution < 1.29 is 9.90 Å². The average molecular weight is 339 g/mol. The van der Waals surface area contributed by atoms with Crippen molar-refractivity contribution in [1.29, 1.82) is 0 Å². The number of halogens is 1. The molecule has 1 heterocycles. The van der Waals surface area contributed by atoms with E-state index in [1.165, 1.54) is 6.42 Å². The zero-order valence-corrected chi connectivity index (χ0v) is 12.9. The summed E-state index contributed by atoms with van der Waals surface area (Å²) in [4.78, 5) is 14.6. The second-order valence-electron chi connectivity index (χ2n) is 5.64. The van der Waals surface area contributed by atoms with Crippen LogP contribution in [-0.4, -0.2) is 41.1 Å². The van der Waals surface area contributed by atoms with Gasteiger partial charge < -0.3 is 15.3 Å². The molecule has 1 saturated carbocycles. The summed E-state index contributed by atoms with van der Waals surface area (Å²) < 4.78 is 0.780. The summed E-state index contributed by atoms with van der Waals surface area (Å²) in [5.41, 5.74) is 0.401. The van der Waals surface area contributed by atoms with Crippen molar-refractivity contribution in [3.8, 4) is 5.75 Å². The van der Waals surface area contributed by atoms with Crippen molar-refractivity contribution in [2.45, 2.75) is 37.8 Å². The number of benzene rings is 1. The zero-order valence-electron chi connectivity index (χ0n) is 11.3. The molecular weight excluding hydrogens is 320 g/mol. The summed E-state index contributed by atoms with van der Waals surface area (Å²) in [6.45, 7) is 1.79. The lowest BCUT2D eigenvalue weighted by atomic mass is 10.1. The van der Waals surface area contributed by atoms with Gasteiger partial charge in [0.25, 0.3) is 5.91 Å². The standard InChI is InChI=1S/C15H19BrN2O2/c16-10-3-6-13(14(19)8-10)15(20)18(12-4-5-12)9-11-2-1-7-17-11/h3,6,8,11-12,17,19H,1-2,4-5,7,9H2. The normalized spacial score (nSPS) is 21.9. The highest BCUT2D eigenvalue weighted by Crippen LogP contribution is 2.31. The Morgan fingerprint density at radius 1 is 1.40 bits per heavy atom. The Morgan fingerprint density at radius 3 is 2.80 bits per heavy atom. The Bertz CT molecular complexity index is 511. The first-order valence-electron chi connectivity index (χ1n) is 7.18. The average Bonchev–Trinajstić information content (AvgIpc) is 3.12. The van der Waals surface area contributed by atoms with Gasteiger partial charge in [0.1, 0.15) is 5.75 Å². The van der Waals surface area contributed by atoms with Crippen LogP contribution in [0.1, 0.15) is 36.0 Å². The summed E-state index contributed by atoms with van der Waals surface area (Å²) in [6, 6.07) is 5.82. The number of carbonyl (C=O) groups is 1. The Labute approximate surface area is 127 Å². The predicted molar refractivity (Wildman–Crippen MR) is 80.9 cm³/mol. The molecule has 1 saturated heterocycles. The second-order valence-corrected chi connectivity index (χ2v) is 6.56. The van der Waals surface area contributed by atoms with Gasteiger partial charge in [-0.3, -0.25) is 4.79 Å². The monoisotopic (exact) mass is 338 g/mol. The largest absolute Gasteiger partial charge is 0.507 e. The number of amides is 1. The Kier molecular flexibility index (Phi) is 3.98. The first-order valence-corrected chi connectivity index (χ1v) is 7.97. The molecule has 5 heteroatoms. The summed E-state index contributed by atoms with van der Waals surface area (Å²) in [7, 11) is 0. The maximum absolute atomic E-state index is 12.7. The number of hydrogen-bond donors (Lipinski definition) is 2. The van der Waals surface area contributed by atoms with Gasteiger partial charge >= 0.3 is 0 Å². The van der Waals surface area contributed by atoms with Crippen LogP contribution in [0.2, 0.25) is 0 Å². The van der Waals surface area contributed by atoms with Gasteiger partial charge in [-0.1, -0.05) is 15.9 Å². The molecule has 1 aliphatic heterocycles. The molecule has 0 radical (unpaired) electrons. The van der Waals surface area contributed by atoms with Crippen LogP contribution in [0.3, 0.4) is 0 Å². The molecule has 1 unspecified atom stereocenters. The van der Waals surface area contributed by atoms with Crippen LogP contribution < -0.4 is 5.32 Å². The summed E-state index contributed by atoms with van der Waals surface area (Å²) in [5.74, 6) is 0.000561. The van der Waals surface area contributed by atoms with Crippen LogP contribution in [0.25, 0.3) is 0 Å². The lowest BCUT2D eigenvalue weighted by Gasteiger charge is -2.26. The van der Waals surface area contributed by atoms with E-state index in [2.05, 4.69) is 21.2 Å². The second kappa shape index (κ2) is 5.74. The van der Waals surface area contributed by atoms with E-state index in [0.29, 0.717) is 17.6 Å². The first-order chi connectivity index (χ1) is 9.65. The molecule has 4 nitrogen and oxygen atoms in total. The molecule has 1 amide bonds. The summed E-state index contributed by atoms with van der Waals surface area (Å²) >= 11 is 3.30. The maximum atomic E-state index is 12.7. The lowest BCUT2D eigenvalue weighted by Crippen LogP contribution is -2.42. The van der Waals surface area contributed by atoms with Crippen LogP contribution in [0.5, 0.6) is 5.75 Å². The fourth-order valence-electron chi connectivity index (χ4n) is 2.77. The van der Waals surface area contributed by atoms with Crippen molar-refractivity contribution >= 4 is 21.8 Å². The molecular formula is C15H19BrN2O2. The molecule has 2 N–H and O–H groups in total. The van der Waals surface area contributed by atoms with Gasteiger partial charge in [0.2, 0.25) is 0 Å². The fourth-order valence-corrected chi connectivity index (χ4v) is 3.12. The first kappa shape index (κ1) is 13.9. The molecule has 20 heavy (non-hydrogen) atoms. The zero-order chi connectivity index (χ0) is 14.1. The minimum Gasteiger partial charge on any atom is -0.507 e. The van der Waals surface area contributed by atoms with Crippen LogP contribution in [-0.2, 0) is 0 Å². The van der Waals surface area contributed by atoms with Crippen LogP contribution >= 0.6 is 15.9 Å². The Morgan fingerprint density at radius 2 is 2.20 bits per heavy atom. The summed E-state index contributed by atoms with van der Waals surface area (Å²) in [5, 5.41) is 13.4. The van der Waals surface area contributed by atoms with E-state index in [1.807, 2.05) is 4.90 Å². The van der Waals surface area contributed by atoms with Gasteiger partial charge in [-0.15, -0.1) is 0 Å². The van der Waals surface area contributed by atoms with Gasteiger partial charge in [0.05, 0.1) is 5.56 Å². The highest BCUT2D eigenvalue weighted by molar-refractivity contribution is 9.10. The highest BCUT2D eigenvalue weighted by Gasteiger charge is 2.35. The van der Waals surface area contributed by atoms with Crippen molar-refractivity contribution in [2.24, 2.45) is 0 Å². The van der Waals surface area contributed by atoms with Crippen molar-refractivity contribution in [2.75, 3.05) is 13.1 Å². The molecule has 1 atom stereocenters. The van der Waals surface area contributed by atoms with Crippen LogP contribution in [0.15, 0.2) is 22.7 Å². The number of rotatable bonds is 4. The van der Waals surface area contributed by atoms with Crippen molar-refractivity contribution in [1.82, 2.24) is 10.2 Å². The third-order valence-corrected chi connectivity index (χ3v) is 4.51. The Hall–Kier alpha value is -1.07. The fraction of sp³-hybridized carbons (Fsp3) is 0.533. The number of phenols is 1. The molecule has 0 aromatic heterocycles. The third-order valence-electron chi connectivity index (χ3n) is 4.02. The quantitative estimate of drug-likeness (QED) is 0.886. The topological polar surface area (TPSA) is 52.6 Å². The van der Waals surface area contributed by atoms with Gasteiger partial charge in [0, 0.05) is 23.1 Å². The SMILES string of the molecule is O=C(c1ccc(Br)cc1O)N(CC1CCCN1)C1CC1. The van der Waals surface area contributed by atoms with Crippen molar-refractivity contribution in [3.05, 3.63) is 28.2 Å². The van der Waals surface area contributed by atoms with Crippen LogP contribution in [0, 0.1) is 0 Å². The van der Waals surface area contributed by atoms with E-state index in [-0.39, 0.29) is 11.7 Å². The predicted octanol–water partition coefficient (Wildman–Crippen LogP) is 2.51. The number of carbonyl (C=O) groups excluding carboxylic acids is 1.